The van der Waals surface area contributed by atoms with Crippen LogP contribution in [0, 0.1) is 5.82 Å². The summed E-state index contributed by atoms with van der Waals surface area (Å²) in [5.74, 6) is 0.114. The minimum absolute atomic E-state index is 0.0859. The van der Waals surface area contributed by atoms with Crippen molar-refractivity contribution in [3.63, 3.8) is 0 Å². The van der Waals surface area contributed by atoms with E-state index in [1.807, 2.05) is 6.92 Å². The Hall–Kier alpha value is -4.61. The van der Waals surface area contributed by atoms with Crippen molar-refractivity contribution >= 4 is 28.9 Å². The van der Waals surface area contributed by atoms with Crippen molar-refractivity contribution < 1.29 is 37.7 Å². The van der Waals surface area contributed by atoms with Crippen LogP contribution in [0.1, 0.15) is 87.0 Å². The van der Waals surface area contributed by atoms with Crippen molar-refractivity contribution in [1.82, 2.24) is 15.2 Å². The summed E-state index contributed by atoms with van der Waals surface area (Å²) in [6.45, 7) is 13.5. The number of methoxy groups -OCH3 is 1. The smallest absolute Gasteiger partial charge is 0.408 e. The number of fused-ring (bicyclic) bond motifs is 1. The number of ketones is 1. The highest BCUT2D eigenvalue weighted by atomic mass is 19.1. The number of aromatic nitrogens is 1. The topological polar surface area (TPSA) is 134 Å². The number of benzene rings is 2. The molecule has 1 atom stereocenters. The third-order valence-corrected chi connectivity index (χ3v) is 7.49. The highest BCUT2D eigenvalue weighted by Gasteiger charge is 2.25. The number of rotatable bonds is 16. The van der Waals surface area contributed by atoms with Crippen LogP contribution in [0.5, 0.6) is 11.5 Å². The van der Waals surface area contributed by atoms with Gasteiger partial charge in [0.1, 0.15) is 28.5 Å². The Kier molecular flexibility index (Phi) is 14.2. The van der Waals surface area contributed by atoms with E-state index in [1.54, 1.807) is 83.7 Å². The van der Waals surface area contributed by atoms with Gasteiger partial charge in [-0.15, -0.1) is 0 Å². The number of pyridine rings is 1. The number of carbonyl (C=O) groups excluding carboxylic acids is 3. The Morgan fingerprint density at radius 2 is 1.56 bits per heavy atom. The lowest BCUT2D eigenvalue weighted by Crippen LogP contribution is -2.43. The van der Waals surface area contributed by atoms with Gasteiger partial charge in [0, 0.05) is 31.3 Å². The maximum absolute atomic E-state index is 15.4. The van der Waals surface area contributed by atoms with E-state index in [-0.39, 0.29) is 24.1 Å². The first kappa shape index (κ1) is 39.8. The predicted octanol–water partition coefficient (Wildman–Crippen LogP) is 7.54. The first-order chi connectivity index (χ1) is 23.5. The third-order valence-electron chi connectivity index (χ3n) is 7.49. The molecule has 0 fully saturated rings. The van der Waals surface area contributed by atoms with E-state index in [0.29, 0.717) is 73.4 Å². The molecule has 2 N–H and O–H groups in total. The summed E-state index contributed by atoms with van der Waals surface area (Å²) in [4.78, 5) is 52.0. The number of hydrogen-bond acceptors (Lipinski definition) is 8. The highest BCUT2D eigenvalue weighted by Crippen LogP contribution is 2.30. The van der Waals surface area contributed by atoms with E-state index >= 15 is 4.39 Å². The number of Topliss-reactive ketones (excluding diaryl/α,β-unsaturated/α-hetero) is 1. The normalized spacial score (nSPS) is 12.3. The number of nitrogens with zero attached hydrogens (tertiary/aromatic N) is 1. The number of amides is 2. The molecule has 12 heteroatoms. The molecule has 2 amide bonds. The van der Waals surface area contributed by atoms with Gasteiger partial charge in [-0.3, -0.25) is 9.59 Å². The Morgan fingerprint density at radius 3 is 2.18 bits per heavy atom. The zero-order chi connectivity index (χ0) is 37.1. The molecule has 2 aromatic carbocycles. The van der Waals surface area contributed by atoms with Gasteiger partial charge in [0.25, 0.3) is 0 Å². The molecule has 0 unspecified atom stereocenters. The van der Waals surface area contributed by atoms with Gasteiger partial charge in [-0.05, 0) is 103 Å². The van der Waals surface area contributed by atoms with Gasteiger partial charge in [0.15, 0.2) is 11.2 Å². The second-order valence-electron chi connectivity index (χ2n) is 14.1. The molecule has 50 heavy (non-hydrogen) atoms. The Bertz CT molecular complexity index is 1670. The molecule has 1 heterocycles. The SMILES string of the molecule is CCCOc1ccc(F)c2c(=O)c(-c3ccc(OC)cc3)cn(CCCC(=O)[C@H](CCCCNC(=O)OC(C)(C)C)NC(=O)OC(C)(C)C)c12. The quantitative estimate of drug-likeness (QED) is 0.147. The van der Waals surface area contributed by atoms with Crippen LogP contribution in [-0.4, -0.2) is 60.0 Å². The fourth-order valence-corrected chi connectivity index (χ4v) is 5.28. The van der Waals surface area contributed by atoms with Crippen LogP contribution in [0.3, 0.4) is 0 Å². The molecule has 0 aliphatic carbocycles. The average Bonchev–Trinajstić information content (AvgIpc) is 3.02. The Labute approximate surface area is 293 Å². The summed E-state index contributed by atoms with van der Waals surface area (Å²) in [6.07, 6.45) is 3.00. The van der Waals surface area contributed by atoms with E-state index in [2.05, 4.69) is 10.6 Å². The van der Waals surface area contributed by atoms with Crippen LogP contribution >= 0.6 is 0 Å². The molecule has 0 aliphatic heterocycles. The number of nitrogens with one attached hydrogen (secondary N) is 2. The molecule has 1 aromatic heterocycles. The third kappa shape index (κ3) is 12.1. The summed E-state index contributed by atoms with van der Waals surface area (Å²) in [5.41, 5.74) is -0.647. The molecule has 0 radical (unpaired) electrons. The summed E-state index contributed by atoms with van der Waals surface area (Å²) < 4.78 is 39.0. The maximum Gasteiger partial charge on any atom is 0.408 e. The number of ether oxygens (including phenoxy) is 4. The van der Waals surface area contributed by atoms with Gasteiger partial charge >= 0.3 is 12.2 Å². The zero-order valence-corrected chi connectivity index (χ0v) is 30.6. The van der Waals surface area contributed by atoms with Crippen molar-refractivity contribution in [2.24, 2.45) is 0 Å². The molecule has 0 saturated carbocycles. The number of halogens is 1. The largest absolute Gasteiger partial charge is 0.497 e. The van der Waals surface area contributed by atoms with E-state index < -0.39 is 40.7 Å². The molecule has 11 nitrogen and oxygen atoms in total. The molecule has 0 saturated heterocycles. The summed E-state index contributed by atoms with van der Waals surface area (Å²) >= 11 is 0. The molecule has 3 aromatic rings. The lowest BCUT2D eigenvalue weighted by Gasteiger charge is -2.23. The fourth-order valence-electron chi connectivity index (χ4n) is 5.28. The fraction of sp³-hybridized carbons (Fsp3) is 0.526. The van der Waals surface area contributed by atoms with Crippen LogP contribution < -0.4 is 25.5 Å². The van der Waals surface area contributed by atoms with Crippen LogP contribution in [0.15, 0.2) is 47.4 Å². The number of aryl methyl sites for hydroxylation is 1. The minimum atomic E-state index is -0.826. The maximum atomic E-state index is 15.4. The van der Waals surface area contributed by atoms with Crippen LogP contribution in [-0.2, 0) is 20.8 Å². The van der Waals surface area contributed by atoms with Gasteiger partial charge in [0.2, 0.25) is 0 Å². The van der Waals surface area contributed by atoms with E-state index in [4.69, 9.17) is 18.9 Å². The van der Waals surface area contributed by atoms with E-state index in [0.717, 1.165) is 0 Å². The lowest BCUT2D eigenvalue weighted by molar-refractivity contribution is -0.121. The molecular weight excluding hydrogens is 645 g/mol. The van der Waals surface area contributed by atoms with Crippen molar-refractivity contribution in [2.75, 3.05) is 20.3 Å². The Morgan fingerprint density at radius 1 is 0.900 bits per heavy atom. The van der Waals surface area contributed by atoms with E-state index in [9.17, 15) is 19.2 Å². The second-order valence-corrected chi connectivity index (χ2v) is 14.1. The van der Waals surface area contributed by atoms with Gasteiger partial charge in [-0.25, -0.2) is 14.0 Å². The molecule has 0 bridgehead atoms. The van der Waals surface area contributed by atoms with Gasteiger partial charge in [-0.1, -0.05) is 19.1 Å². The van der Waals surface area contributed by atoms with Gasteiger partial charge < -0.3 is 34.1 Å². The van der Waals surface area contributed by atoms with Crippen molar-refractivity contribution in [1.29, 1.82) is 0 Å². The molecule has 274 valence electrons. The average molecular weight is 698 g/mol. The standard InChI is InChI=1S/C38H52FN3O8/c1-9-23-48-31-20-19-28(39)32-33(31)42(24-27(34(32)44)25-15-17-26(47-8)18-16-25)22-12-14-30(43)29(41-36(46)50-38(5,6)7)13-10-11-21-40-35(45)49-37(2,3)4/h15-20,24,29H,9-14,21-23H2,1-8H3,(H,40,45)(H,41,46)/t29-/m0/s1. The van der Waals surface area contributed by atoms with Crippen molar-refractivity contribution in [3.8, 4) is 22.6 Å². The molecular formula is C38H52FN3O8. The first-order valence-corrected chi connectivity index (χ1v) is 17.1. The van der Waals surface area contributed by atoms with Crippen molar-refractivity contribution in [2.45, 2.75) is 111 Å². The first-order valence-electron chi connectivity index (χ1n) is 17.1. The van der Waals surface area contributed by atoms with Crippen LogP contribution in [0.2, 0.25) is 0 Å². The number of hydrogen-bond donors (Lipinski definition) is 2. The van der Waals surface area contributed by atoms with E-state index in [1.165, 1.54) is 12.1 Å². The summed E-state index contributed by atoms with van der Waals surface area (Å²) in [6, 6.07) is 8.85. The highest BCUT2D eigenvalue weighted by molar-refractivity contribution is 5.89. The minimum Gasteiger partial charge on any atom is -0.497 e. The van der Waals surface area contributed by atoms with Crippen molar-refractivity contribution in [3.05, 3.63) is 58.6 Å². The predicted molar refractivity (Wildman–Crippen MR) is 191 cm³/mol. The van der Waals surface area contributed by atoms with Gasteiger partial charge in [-0.2, -0.15) is 0 Å². The Balaban J connectivity index is 1.83. The summed E-state index contributed by atoms with van der Waals surface area (Å²) in [5, 5.41) is 5.33. The molecule has 0 aliphatic rings. The summed E-state index contributed by atoms with van der Waals surface area (Å²) in [7, 11) is 1.55. The second kappa shape index (κ2) is 17.9. The molecule has 0 spiro atoms. The van der Waals surface area contributed by atoms with Gasteiger partial charge in [0.05, 0.1) is 30.7 Å². The number of alkyl carbamates (subject to hydrolysis) is 2. The molecule has 3 rings (SSSR count). The monoisotopic (exact) mass is 697 g/mol. The zero-order valence-electron chi connectivity index (χ0n) is 30.6. The van der Waals surface area contributed by atoms with Crippen LogP contribution in [0.4, 0.5) is 14.0 Å². The lowest BCUT2D eigenvalue weighted by atomic mass is 10.0. The van der Waals surface area contributed by atoms with Crippen LogP contribution in [0.25, 0.3) is 22.0 Å². The number of unbranched alkanes of at least 4 members (excludes halogenated alkanes) is 1. The number of carbonyl (C=O) groups is 3.